The fraction of sp³-hybridized carbons (Fsp3) is 1.00. The Labute approximate surface area is 109 Å². The maximum absolute atomic E-state index is 6.21. The molecule has 0 aliphatic heterocycles. The second-order valence-corrected chi connectivity index (χ2v) is 13.1. The quantitative estimate of drug-likeness (QED) is 0.450. The Morgan fingerprint density at radius 1 is 0.882 bits per heavy atom. The first-order valence-electron chi connectivity index (χ1n) is 6.75. The van der Waals surface area contributed by atoms with Crippen LogP contribution in [0.3, 0.4) is 0 Å². The topological polar surface area (TPSA) is 27.7 Å². The highest BCUT2D eigenvalue weighted by Gasteiger charge is 2.30. The summed E-state index contributed by atoms with van der Waals surface area (Å²) in [5.41, 5.74) is 0. The average molecular weight is 279 g/mol. The highest BCUT2D eigenvalue weighted by Crippen LogP contribution is 2.22. The smallest absolute Gasteiger partial charge is 0.334 e. The first-order chi connectivity index (χ1) is 8.01. The Hall–Kier alpha value is 0.314. The molecule has 0 saturated heterocycles. The normalized spacial score (nSPS) is 13.1. The van der Waals surface area contributed by atoms with Gasteiger partial charge in [0.2, 0.25) is 0 Å². The zero-order valence-electron chi connectivity index (χ0n) is 12.5. The number of hydrogen-bond acceptors (Lipinski definition) is 3. The summed E-state index contributed by atoms with van der Waals surface area (Å²) >= 11 is 0. The lowest BCUT2D eigenvalue weighted by atomic mass is 10.5. The van der Waals surface area contributed by atoms with Crippen molar-refractivity contribution in [3.8, 4) is 0 Å². The molecule has 5 heteroatoms. The van der Waals surface area contributed by atoms with E-state index in [1.54, 1.807) is 14.2 Å². The monoisotopic (exact) mass is 278 g/mol. The predicted molar refractivity (Wildman–Crippen MR) is 78.2 cm³/mol. The summed E-state index contributed by atoms with van der Waals surface area (Å²) in [5.74, 6) is 0. The maximum Gasteiger partial charge on any atom is 0.334 e. The van der Waals surface area contributed by atoms with Crippen LogP contribution >= 0.6 is 0 Å². The van der Waals surface area contributed by atoms with Gasteiger partial charge >= 0.3 is 8.56 Å². The van der Waals surface area contributed by atoms with Gasteiger partial charge in [0.25, 0.3) is 0 Å². The molecule has 0 radical (unpaired) electrons. The molecule has 0 atom stereocenters. The Kier molecular flexibility index (Phi) is 8.58. The zero-order valence-corrected chi connectivity index (χ0v) is 14.5. The van der Waals surface area contributed by atoms with Crippen molar-refractivity contribution in [2.45, 2.75) is 57.9 Å². The predicted octanol–water partition coefficient (Wildman–Crippen LogP) is 3.76. The fourth-order valence-corrected chi connectivity index (χ4v) is 6.08. The van der Waals surface area contributed by atoms with Crippen molar-refractivity contribution in [3.05, 3.63) is 0 Å². The maximum atomic E-state index is 6.21. The largest absolute Gasteiger partial charge is 0.417 e. The first-order valence-corrected chi connectivity index (χ1v) is 11.8. The van der Waals surface area contributed by atoms with E-state index in [1.165, 1.54) is 18.1 Å². The second-order valence-electron chi connectivity index (χ2n) is 4.74. The van der Waals surface area contributed by atoms with Gasteiger partial charge < -0.3 is 13.3 Å². The van der Waals surface area contributed by atoms with Crippen LogP contribution in [0.25, 0.3) is 0 Å². The first kappa shape index (κ1) is 17.3. The fourth-order valence-electron chi connectivity index (χ4n) is 2.03. The van der Waals surface area contributed by atoms with E-state index in [2.05, 4.69) is 27.3 Å². The second kappa shape index (κ2) is 8.42. The van der Waals surface area contributed by atoms with Crippen LogP contribution < -0.4 is 0 Å². The lowest BCUT2D eigenvalue weighted by Crippen LogP contribution is -2.38. The van der Waals surface area contributed by atoms with Crippen molar-refractivity contribution < 1.29 is 13.3 Å². The number of hydrogen-bond donors (Lipinski definition) is 0. The summed E-state index contributed by atoms with van der Waals surface area (Å²) in [7, 11) is 0.210. The molecular formula is C12H30O3Si2. The molecule has 104 valence electrons. The zero-order chi connectivity index (χ0) is 13.4. The van der Waals surface area contributed by atoms with Crippen LogP contribution in [0.4, 0.5) is 0 Å². The number of rotatable bonds is 10. The highest BCUT2D eigenvalue weighted by molar-refractivity contribution is 6.73. The molecule has 0 N–H and O–H groups in total. The van der Waals surface area contributed by atoms with Gasteiger partial charge in [0.1, 0.15) is 0 Å². The Balaban J connectivity index is 3.98. The van der Waals surface area contributed by atoms with Crippen LogP contribution in [0.15, 0.2) is 0 Å². The highest BCUT2D eigenvalue weighted by atomic mass is 28.4. The summed E-state index contributed by atoms with van der Waals surface area (Å²) < 4.78 is 17.2. The van der Waals surface area contributed by atoms with E-state index < -0.39 is 16.9 Å². The van der Waals surface area contributed by atoms with Gasteiger partial charge in [-0.05, 0) is 37.1 Å². The van der Waals surface area contributed by atoms with E-state index in [1.807, 2.05) is 0 Å². The molecule has 0 bridgehead atoms. The van der Waals surface area contributed by atoms with Gasteiger partial charge in [-0.25, -0.2) is 0 Å². The molecule has 3 nitrogen and oxygen atoms in total. The lowest BCUT2D eigenvalue weighted by Gasteiger charge is -2.29. The van der Waals surface area contributed by atoms with Gasteiger partial charge in [-0.2, -0.15) is 0 Å². The van der Waals surface area contributed by atoms with Crippen molar-refractivity contribution in [2.75, 3.05) is 20.8 Å². The Bertz CT molecular complexity index is 184. The van der Waals surface area contributed by atoms with E-state index in [9.17, 15) is 0 Å². The SMILES string of the molecule is CC[Si](CC)(CC)OCCC[Si](C)(OC)OC. The minimum absolute atomic E-state index is 0.872. The van der Waals surface area contributed by atoms with Crippen LogP contribution in [0.1, 0.15) is 27.2 Å². The van der Waals surface area contributed by atoms with Crippen LogP contribution in [0, 0.1) is 0 Å². The minimum atomic E-state index is -1.89. The van der Waals surface area contributed by atoms with Gasteiger partial charge in [0.15, 0.2) is 8.32 Å². The van der Waals surface area contributed by atoms with Crippen LogP contribution in [-0.2, 0) is 13.3 Å². The van der Waals surface area contributed by atoms with Crippen molar-refractivity contribution >= 4 is 16.9 Å². The third kappa shape index (κ3) is 5.65. The third-order valence-corrected chi connectivity index (χ3v) is 11.7. The minimum Gasteiger partial charge on any atom is -0.417 e. The summed E-state index contributed by atoms with van der Waals surface area (Å²) in [6, 6.07) is 4.69. The molecule has 0 aromatic carbocycles. The molecule has 0 rings (SSSR count). The molecule has 0 saturated carbocycles. The molecule has 0 aliphatic carbocycles. The Morgan fingerprint density at radius 3 is 1.71 bits per heavy atom. The van der Waals surface area contributed by atoms with Gasteiger partial charge in [-0.15, -0.1) is 0 Å². The Morgan fingerprint density at radius 2 is 1.35 bits per heavy atom. The standard InChI is InChI=1S/C12H30O3Si2/c1-7-17(8-2,9-3)15-11-10-12-16(6,13-4)14-5/h7-12H2,1-6H3. The van der Waals surface area contributed by atoms with Gasteiger partial charge in [0.05, 0.1) is 0 Å². The van der Waals surface area contributed by atoms with Crippen LogP contribution in [-0.4, -0.2) is 37.7 Å². The van der Waals surface area contributed by atoms with Crippen LogP contribution in [0.2, 0.25) is 30.7 Å². The van der Waals surface area contributed by atoms with Gasteiger partial charge in [0, 0.05) is 20.8 Å². The molecule has 0 heterocycles. The molecule has 0 amide bonds. The molecule has 0 aromatic heterocycles. The lowest BCUT2D eigenvalue weighted by molar-refractivity contribution is 0.239. The molecule has 0 aliphatic rings. The van der Waals surface area contributed by atoms with Crippen molar-refractivity contribution in [3.63, 3.8) is 0 Å². The molecule has 17 heavy (non-hydrogen) atoms. The van der Waals surface area contributed by atoms with Crippen molar-refractivity contribution in [2.24, 2.45) is 0 Å². The average Bonchev–Trinajstić information content (AvgIpc) is 2.39. The molecular weight excluding hydrogens is 248 g/mol. The summed E-state index contributed by atoms with van der Waals surface area (Å²) in [5, 5.41) is 0. The summed E-state index contributed by atoms with van der Waals surface area (Å²) in [4.78, 5) is 0. The molecule has 0 aromatic rings. The molecule has 0 fully saturated rings. The molecule has 0 spiro atoms. The van der Waals surface area contributed by atoms with Gasteiger partial charge in [-0.3, -0.25) is 0 Å². The van der Waals surface area contributed by atoms with E-state index >= 15 is 0 Å². The van der Waals surface area contributed by atoms with E-state index in [0.29, 0.717) is 0 Å². The van der Waals surface area contributed by atoms with Crippen LogP contribution in [0.5, 0.6) is 0 Å². The van der Waals surface area contributed by atoms with E-state index in [4.69, 9.17) is 13.3 Å². The van der Waals surface area contributed by atoms with E-state index in [0.717, 1.165) is 19.1 Å². The van der Waals surface area contributed by atoms with Gasteiger partial charge in [-0.1, -0.05) is 20.8 Å². The van der Waals surface area contributed by atoms with Crippen molar-refractivity contribution in [1.29, 1.82) is 0 Å². The summed E-state index contributed by atoms with van der Waals surface area (Å²) in [6.45, 7) is 9.78. The summed E-state index contributed by atoms with van der Waals surface area (Å²) in [6.07, 6.45) is 1.05. The third-order valence-electron chi connectivity index (χ3n) is 3.98. The van der Waals surface area contributed by atoms with Crippen molar-refractivity contribution in [1.82, 2.24) is 0 Å². The van der Waals surface area contributed by atoms with E-state index in [-0.39, 0.29) is 0 Å². The molecule has 0 unspecified atom stereocenters.